The predicted molar refractivity (Wildman–Crippen MR) is 86.5 cm³/mol. The second-order valence-electron chi connectivity index (χ2n) is 5.96. The molecule has 1 fully saturated rings. The van der Waals surface area contributed by atoms with Crippen molar-refractivity contribution in [2.24, 2.45) is 5.92 Å². The van der Waals surface area contributed by atoms with Gasteiger partial charge in [0.25, 0.3) is 0 Å². The number of rotatable bonds is 5. The molecule has 6 nitrogen and oxygen atoms in total. The van der Waals surface area contributed by atoms with E-state index in [4.69, 9.17) is 0 Å². The van der Waals surface area contributed by atoms with Crippen molar-refractivity contribution >= 4 is 5.82 Å². The Balaban J connectivity index is 1.51. The molecule has 3 heterocycles. The van der Waals surface area contributed by atoms with Crippen molar-refractivity contribution in [2.75, 3.05) is 25.5 Å². The van der Waals surface area contributed by atoms with Crippen molar-refractivity contribution in [2.45, 2.75) is 32.2 Å². The number of hydrogen-bond acceptors (Lipinski definition) is 5. The SMILES string of the molecule is CNc1cnc(CC2CCCN(Cc3ncc[nH]3)CC2)cn1. The fourth-order valence-electron chi connectivity index (χ4n) is 3.07. The number of nitrogens with one attached hydrogen (secondary N) is 2. The maximum Gasteiger partial charge on any atom is 0.144 e. The Labute approximate surface area is 131 Å². The maximum absolute atomic E-state index is 4.50. The minimum absolute atomic E-state index is 0.705. The summed E-state index contributed by atoms with van der Waals surface area (Å²) in [5.41, 5.74) is 1.10. The van der Waals surface area contributed by atoms with Gasteiger partial charge in [0.2, 0.25) is 0 Å². The van der Waals surface area contributed by atoms with E-state index >= 15 is 0 Å². The fourth-order valence-corrected chi connectivity index (χ4v) is 3.07. The van der Waals surface area contributed by atoms with Crippen LogP contribution in [0.15, 0.2) is 24.8 Å². The van der Waals surface area contributed by atoms with Crippen LogP contribution in [0.25, 0.3) is 0 Å². The van der Waals surface area contributed by atoms with Gasteiger partial charge in [-0.25, -0.2) is 9.97 Å². The van der Waals surface area contributed by atoms with Gasteiger partial charge >= 0.3 is 0 Å². The van der Waals surface area contributed by atoms with Gasteiger partial charge in [0.05, 0.1) is 24.6 Å². The summed E-state index contributed by atoms with van der Waals surface area (Å²) in [6.07, 6.45) is 12.2. The summed E-state index contributed by atoms with van der Waals surface area (Å²) >= 11 is 0. The Hall–Kier alpha value is -1.95. The molecule has 0 aliphatic carbocycles. The third-order valence-electron chi connectivity index (χ3n) is 4.33. The minimum atomic E-state index is 0.705. The third kappa shape index (κ3) is 4.04. The highest BCUT2D eigenvalue weighted by molar-refractivity contribution is 5.29. The second kappa shape index (κ2) is 7.35. The molecule has 2 aromatic rings. The van der Waals surface area contributed by atoms with E-state index in [0.29, 0.717) is 5.92 Å². The molecule has 0 aromatic carbocycles. The molecule has 0 spiro atoms. The number of aromatic amines is 1. The van der Waals surface area contributed by atoms with Crippen molar-refractivity contribution in [1.29, 1.82) is 0 Å². The van der Waals surface area contributed by atoms with Gasteiger partial charge in [-0.3, -0.25) is 9.88 Å². The zero-order chi connectivity index (χ0) is 15.2. The summed E-state index contributed by atoms with van der Waals surface area (Å²) in [5.74, 6) is 2.59. The third-order valence-corrected chi connectivity index (χ3v) is 4.33. The van der Waals surface area contributed by atoms with Crippen molar-refractivity contribution in [3.05, 3.63) is 36.3 Å². The molecule has 22 heavy (non-hydrogen) atoms. The monoisotopic (exact) mass is 300 g/mol. The summed E-state index contributed by atoms with van der Waals surface area (Å²) < 4.78 is 0. The quantitative estimate of drug-likeness (QED) is 0.885. The summed E-state index contributed by atoms with van der Waals surface area (Å²) in [6.45, 7) is 3.21. The van der Waals surface area contributed by atoms with E-state index in [9.17, 15) is 0 Å². The average Bonchev–Trinajstić information content (AvgIpc) is 2.96. The first-order valence-corrected chi connectivity index (χ1v) is 8.03. The molecule has 3 rings (SSSR count). The number of H-pyrrole nitrogens is 1. The van der Waals surface area contributed by atoms with Crippen LogP contribution in [-0.4, -0.2) is 45.0 Å². The summed E-state index contributed by atoms with van der Waals surface area (Å²) in [4.78, 5) is 18.9. The van der Waals surface area contributed by atoms with Crippen LogP contribution >= 0.6 is 0 Å². The molecular weight excluding hydrogens is 276 g/mol. The number of nitrogens with zero attached hydrogens (tertiary/aromatic N) is 4. The van der Waals surface area contributed by atoms with E-state index in [1.807, 2.05) is 31.8 Å². The van der Waals surface area contributed by atoms with E-state index in [1.54, 1.807) is 0 Å². The molecule has 1 aliphatic rings. The molecule has 2 N–H and O–H groups in total. The molecular formula is C16H24N6. The van der Waals surface area contributed by atoms with E-state index in [-0.39, 0.29) is 0 Å². The molecule has 0 amide bonds. The van der Waals surface area contributed by atoms with Crippen LogP contribution in [0, 0.1) is 5.92 Å². The first-order valence-electron chi connectivity index (χ1n) is 8.03. The van der Waals surface area contributed by atoms with Crippen molar-refractivity contribution in [3.63, 3.8) is 0 Å². The highest BCUT2D eigenvalue weighted by Gasteiger charge is 2.18. The van der Waals surface area contributed by atoms with Gasteiger partial charge in [-0.1, -0.05) is 0 Å². The highest BCUT2D eigenvalue weighted by atomic mass is 15.1. The van der Waals surface area contributed by atoms with Crippen LogP contribution in [-0.2, 0) is 13.0 Å². The van der Waals surface area contributed by atoms with Crippen LogP contribution < -0.4 is 5.32 Å². The first-order chi connectivity index (χ1) is 10.8. The first kappa shape index (κ1) is 15.0. The lowest BCUT2D eigenvalue weighted by Gasteiger charge is -2.18. The Bertz CT molecular complexity index is 551. The largest absolute Gasteiger partial charge is 0.372 e. The van der Waals surface area contributed by atoms with Gasteiger partial charge in [0, 0.05) is 19.4 Å². The Morgan fingerprint density at radius 3 is 2.91 bits per heavy atom. The smallest absolute Gasteiger partial charge is 0.144 e. The van der Waals surface area contributed by atoms with Crippen molar-refractivity contribution in [1.82, 2.24) is 24.8 Å². The van der Waals surface area contributed by atoms with Gasteiger partial charge in [-0.05, 0) is 44.7 Å². The maximum atomic E-state index is 4.50. The zero-order valence-electron chi connectivity index (χ0n) is 13.1. The van der Waals surface area contributed by atoms with E-state index in [2.05, 4.69) is 30.2 Å². The minimum Gasteiger partial charge on any atom is -0.372 e. The van der Waals surface area contributed by atoms with Crippen molar-refractivity contribution in [3.8, 4) is 0 Å². The van der Waals surface area contributed by atoms with E-state index in [0.717, 1.165) is 43.4 Å². The molecule has 6 heteroatoms. The van der Waals surface area contributed by atoms with Crippen LogP contribution in [0.3, 0.4) is 0 Å². The molecule has 0 saturated carbocycles. The number of aromatic nitrogens is 4. The summed E-state index contributed by atoms with van der Waals surface area (Å²) in [7, 11) is 1.86. The average molecular weight is 300 g/mol. The number of imidazole rings is 1. The van der Waals surface area contributed by atoms with Gasteiger partial charge in [-0.2, -0.15) is 0 Å². The normalized spacial score (nSPS) is 19.8. The molecule has 2 aromatic heterocycles. The lowest BCUT2D eigenvalue weighted by Crippen LogP contribution is -2.25. The van der Waals surface area contributed by atoms with Gasteiger partial charge in [0.15, 0.2) is 0 Å². The van der Waals surface area contributed by atoms with E-state index in [1.165, 1.54) is 19.3 Å². The van der Waals surface area contributed by atoms with E-state index < -0.39 is 0 Å². The number of hydrogen-bond donors (Lipinski definition) is 2. The fraction of sp³-hybridized carbons (Fsp3) is 0.562. The molecule has 1 saturated heterocycles. The molecule has 1 aliphatic heterocycles. The highest BCUT2D eigenvalue weighted by Crippen LogP contribution is 2.21. The Kier molecular flexibility index (Phi) is 5.00. The lowest BCUT2D eigenvalue weighted by atomic mass is 9.95. The van der Waals surface area contributed by atoms with Gasteiger partial charge in [0.1, 0.15) is 11.6 Å². The summed E-state index contributed by atoms with van der Waals surface area (Å²) in [6, 6.07) is 0. The molecule has 1 atom stereocenters. The molecule has 118 valence electrons. The zero-order valence-corrected chi connectivity index (χ0v) is 13.1. The van der Waals surface area contributed by atoms with Gasteiger partial charge in [-0.15, -0.1) is 0 Å². The Morgan fingerprint density at radius 1 is 1.23 bits per heavy atom. The molecule has 1 unspecified atom stereocenters. The Morgan fingerprint density at radius 2 is 2.18 bits per heavy atom. The van der Waals surface area contributed by atoms with Crippen LogP contribution in [0.4, 0.5) is 5.82 Å². The van der Waals surface area contributed by atoms with Crippen molar-refractivity contribution < 1.29 is 0 Å². The van der Waals surface area contributed by atoms with Crippen LogP contribution in [0.5, 0.6) is 0 Å². The van der Waals surface area contributed by atoms with Gasteiger partial charge < -0.3 is 10.3 Å². The van der Waals surface area contributed by atoms with Crippen LogP contribution in [0.1, 0.15) is 30.8 Å². The standard InChI is InChI=1S/C16H24N6/c1-17-15-11-20-14(10-21-15)9-13-3-2-7-22(8-4-13)12-16-18-5-6-19-16/h5-6,10-11,13H,2-4,7-9,12H2,1H3,(H,17,21)(H,18,19). The second-order valence-corrected chi connectivity index (χ2v) is 5.96. The topological polar surface area (TPSA) is 69.7 Å². The molecule has 0 bridgehead atoms. The molecule has 0 radical (unpaired) electrons. The predicted octanol–water partition coefficient (Wildman–Crippen LogP) is 2.09. The lowest BCUT2D eigenvalue weighted by molar-refractivity contribution is 0.266. The van der Waals surface area contributed by atoms with Crippen LogP contribution in [0.2, 0.25) is 0 Å². The summed E-state index contributed by atoms with van der Waals surface area (Å²) in [5, 5.41) is 3.01. The number of likely N-dealkylation sites (tertiary alicyclic amines) is 1. The number of anilines is 1.